The summed E-state index contributed by atoms with van der Waals surface area (Å²) in [7, 11) is 3.38. The Bertz CT molecular complexity index is 499. The number of carbonyl (C=O) groups is 2. The SMILES string of the molecule is CC1c2ccc(C(=O)O)cc2N(C)C(=O)N1C. The summed E-state index contributed by atoms with van der Waals surface area (Å²) < 4.78 is 0. The van der Waals surface area contributed by atoms with E-state index in [4.69, 9.17) is 5.11 Å². The van der Waals surface area contributed by atoms with Crippen molar-refractivity contribution >= 4 is 17.7 Å². The largest absolute Gasteiger partial charge is 0.478 e. The number of carboxylic acids is 1. The van der Waals surface area contributed by atoms with E-state index in [0.29, 0.717) is 5.69 Å². The first-order valence-electron chi connectivity index (χ1n) is 5.31. The molecule has 1 heterocycles. The van der Waals surface area contributed by atoms with Gasteiger partial charge in [0.25, 0.3) is 0 Å². The molecule has 2 rings (SSSR count). The molecule has 1 unspecified atom stereocenters. The molecule has 1 aliphatic rings. The van der Waals surface area contributed by atoms with Gasteiger partial charge in [-0.1, -0.05) is 6.07 Å². The zero-order valence-electron chi connectivity index (χ0n) is 9.97. The maximum absolute atomic E-state index is 11.9. The maximum Gasteiger partial charge on any atom is 0.335 e. The average molecular weight is 234 g/mol. The number of rotatable bonds is 1. The van der Waals surface area contributed by atoms with Crippen molar-refractivity contribution in [1.29, 1.82) is 0 Å². The Labute approximate surface area is 99.3 Å². The van der Waals surface area contributed by atoms with E-state index >= 15 is 0 Å². The summed E-state index contributed by atoms with van der Waals surface area (Å²) in [5.74, 6) is -0.986. The van der Waals surface area contributed by atoms with E-state index in [1.54, 1.807) is 37.2 Å². The fourth-order valence-electron chi connectivity index (χ4n) is 2.03. The van der Waals surface area contributed by atoms with E-state index in [2.05, 4.69) is 0 Å². The Morgan fingerprint density at radius 3 is 2.59 bits per heavy atom. The van der Waals surface area contributed by atoms with Gasteiger partial charge in [-0.2, -0.15) is 0 Å². The number of carboxylic acid groups (broad SMARTS) is 1. The number of nitrogens with zero attached hydrogens (tertiary/aromatic N) is 2. The molecular weight excluding hydrogens is 220 g/mol. The van der Waals surface area contributed by atoms with Crippen LogP contribution in [0.3, 0.4) is 0 Å². The second-order valence-electron chi connectivity index (χ2n) is 4.21. The first-order valence-corrected chi connectivity index (χ1v) is 5.31. The van der Waals surface area contributed by atoms with Gasteiger partial charge in [0.05, 0.1) is 17.3 Å². The van der Waals surface area contributed by atoms with Crippen molar-refractivity contribution in [3.8, 4) is 0 Å². The lowest BCUT2D eigenvalue weighted by molar-refractivity contribution is 0.0696. The molecule has 5 heteroatoms. The Morgan fingerprint density at radius 1 is 1.35 bits per heavy atom. The van der Waals surface area contributed by atoms with Gasteiger partial charge in [0, 0.05) is 14.1 Å². The van der Waals surface area contributed by atoms with Crippen LogP contribution in [0.15, 0.2) is 18.2 Å². The minimum atomic E-state index is -0.986. The van der Waals surface area contributed by atoms with Crippen LogP contribution in [0.2, 0.25) is 0 Å². The highest BCUT2D eigenvalue weighted by atomic mass is 16.4. The topological polar surface area (TPSA) is 60.9 Å². The summed E-state index contributed by atoms with van der Waals surface area (Å²) in [5.41, 5.74) is 1.82. The molecule has 0 aromatic heterocycles. The highest BCUT2D eigenvalue weighted by Gasteiger charge is 2.31. The summed E-state index contributed by atoms with van der Waals surface area (Å²) in [6.45, 7) is 1.92. The second kappa shape index (κ2) is 3.76. The fraction of sp³-hybridized carbons (Fsp3) is 0.333. The van der Waals surface area contributed by atoms with Crippen molar-refractivity contribution in [3.05, 3.63) is 29.3 Å². The lowest BCUT2D eigenvalue weighted by atomic mass is 9.99. The molecule has 1 aromatic rings. The van der Waals surface area contributed by atoms with Crippen molar-refractivity contribution in [1.82, 2.24) is 4.90 Å². The number of fused-ring (bicyclic) bond motifs is 1. The second-order valence-corrected chi connectivity index (χ2v) is 4.21. The third kappa shape index (κ3) is 1.63. The molecule has 0 saturated carbocycles. The van der Waals surface area contributed by atoms with Gasteiger partial charge in [0.15, 0.2) is 0 Å². The van der Waals surface area contributed by atoms with E-state index < -0.39 is 5.97 Å². The molecule has 2 amide bonds. The number of hydrogen-bond acceptors (Lipinski definition) is 2. The highest BCUT2D eigenvalue weighted by molar-refractivity contribution is 5.97. The van der Waals surface area contributed by atoms with Crippen LogP contribution in [0.25, 0.3) is 0 Å². The predicted octanol–water partition coefficient (Wildman–Crippen LogP) is 1.95. The maximum atomic E-state index is 11.9. The molecule has 1 aliphatic heterocycles. The van der Waals surface area contributed by atoms with Gasteiger partial charge in [0.1, 0.15) is 0 Å². The first-order chi connectivity index (χ1) is 7.93. The molecule has 0 bridgehead atoms. The number of aromatic carboxylic acids is 1. The van der Waals surface area contributed by atoms with Crippen molar-refractivity contribution in [2.75, 3.05) is 19.0 Å². The summed E-state index contributed by atoms with van der Waals surface area (Å²) in [4.78, 5) is 25.9. The third-order valence-corrected chi connectivity index (χ3v) is 3.26. The zero-order chi connectivity index (χ0) is 12.7. The third-order valence-electron chi connectivity index (χ3n) is 3.26. The first kappa shape index (κ1) is 11.4. The van der Waals surface area contributed by atoms with Crippen LogP contribution in [0.4, 0.5) is 10.5 Å². The van der Waals surface area contributed by atoms with Crippen molar-refractivity contribution in [2.24, 2.45) is 0 Å². The molecule has 0 saturated heterocycles. The van der Waals surface area contributed by atoms with E-state index in [0.717, 1.165) is 5.56 Å². The lowest BCUT2D eigenvalue weighted by Crippen LogP contribution is -2.44. The molecule has 17 heavy (non-hydrogen) atoms. The van der Waals surface area contributed by atoms with Crippen LogP contribution in [0.1, 0.15) is 28.9 Å². The highest BCUT2D eigenvalue weighted by Crippen LogP contribution is 2.35. The predicted molar refractivity (Wildman–Crippen MR) is 63.4 cm³/mol. The van der Waals surface area contributed by atoms with E-state index in [1.807, 2.05) is 6.92 Å². The smallest absolute Gasteiger partial charge is 0.335 e. The molecule has 0 fully saturated rings. The van der Waals surface area contributed by atoms with Gasteiger partial charge < -0.3 is 10.0 Å². The number of urea groups is 1. The molecular formula is C12H14N2O3. The molecule has 1 atom stereocenters. The average Bonchev–Trinajstić information content (AvgIpc) is 2.32. The Hall–Kier alpha value is -2.04. The lowest BCUT2D eigenvalue weighted by Gasteiger charge is -2.37. The summed E-state index contributed by atoms with van der Waals surface area (Å²) in [6.07, 6.45) is 0. The van der Waals surface area contributed by atoms with Gasteiger partial charge in [-0.05, 0) is 24.6 Å². The standard InChI is InChI=1S/C12H14N2O3/c1-7-9-5-4-8(11(15)16)6-10(9)14(3)12(17)13(7)2/h4-7H,1-3H3,(H,15,16). The monoisotopic (exact) mass is 234 g/mol. The van der Waals surface area contributed by atoms with Gasteiger partial charge in [-0.25, -0.2) is 9.59 Å². The normalized spacial score (nSPS) is 19.2. The number of carbonyl (C=O) groups excluding carboxylic acids is 1. The van der Waals surface area contributed by atoms with E-state index in [-0.39, 0.29) is 17.6 Å². The summed E-state index contributed by atoms with van der Waals surface area (Å²) in [5, 5.41) is 8.94. The van der Waals surface area contributed by atoms with Crippen molar-refractivity contribution in [3.63, 3.8) is 0 Å². The van der Waals surface area contributed by atoms with Gasteiger partial charge in [0.2, 0.25) is 0 Å². The zero-order valence-corrected chi connectivity index (χ0v) is 9.97. The van der Waals surface area contributed by atoms with Crippen molar-refractivity contribution < 1.29 is 14.7 Å². The van der Waals surface area contributed by atoms with Crippen molar-refractivity contribution in [2.45, 2.75) is 13.0 Å². The molecule has 0 radical (unpaired) electrons. The van der Waals surface area contributed by atoms with E-state index in [9.17, 15) is 9.59 Å². The van der Waals surface area contributed by atoms with Crippen LogP contribution in [-0.2, 0) is 0 Å². The molecule has 1 N–H and O–H groups in total. The van der Waals surface area contributed by atoms with Crippen LogP contribution in [0.5, 0.6) is 0 Å². The quantitative estimate of drug-likeness (QED) is 0.807. The van der Waals surface area contributed by atoms with Crippen LogP contribution in [-0.4, -0.2) is 36.1 Å². The molecule has 0 spiro atoms. The minimum absolute atomic E-state index is 0.0449. The number of anilines is 1. The van der Waals surface area contributed by atoms with Gasteiger partial charge in [-0.15, -0.1) is 0 Å². The summed E-state index contributed by atoms with van der Waals surface area (Å²) >= 11 is 0. The number of amides is 2. The van der Waals surface area contributed by atoms with Crippen LogP contribution in [0, 0.1) is 0 Å². The van der Waals surface area contributed by atoms with Crippen LogP contribution >= 0.6 is 0 Å². The fourth-order valence-corrected chi connectivity index (χ4v) is 2.03. The number of benzene rings is 1. The van der Waals surface area contributed by atoms with Gasteiger partial charge >= 0.3 is 12.0 Å². The molecule has 0 aliphatic carbocycles. The summed E-state index contributed by atoms with van der Waals surface area (Å²) in [6, 6.07) is 4.70. The van der Waals surface area contributed by atoms with Gasteiger partial charge in [-0.3, -0.25) is 4.90 Å². The minimum Gasteiger partial charge on any atom is -0.478 e. The van der Waals surface area contributed by atoms with E-state index in [1.165, 1.54) is 4.90 Å². The number of hydrogen-bond donors (Lipinski definition) is 1. The Kier molecular flexibility index (Phi) is 2.53. The van der Waals surface area contributed by atoms with Crippen LogP contribution < -0.4 is 4.90 Å². The Morgan fingerprint density at radius 2 is 2.00 bits per heavy atom. The molecule has 90 valence electrons. The Balaban J connectivity index is 2.58. The molecule has 1 aromatic carbocycles. The molecule has 5 nitrogen and oxygen atoms in total.